The number of halogens is 2. The fraction of sp³-hybridized carbons (Fsp3) is 0.143. The first-order valence-electron chi connectivity index (χ1n) is 8.80. The van der Waals surface area contributed by atoms with Crippen LogP contribution in [0.1, 0.15) is 0 Å². The van der Waals surface area contributed by atoms with Gasteiger partial charge < -0.3 is 9.84 Å². The fourth-order valence-electron chi connectivity index (χ4n) is 2.97. The van der Waals surface area contributed by atoms with Gasteiger partial charge in [-0.3, -0.25) is 9.36 Å². The van der Waals surface area contributed by atoms with E-state index in [-0.39, 0.29) is 24.5 Å². The van der Waals surface area contributed by atoms with Crippen molar-refractivity contribution in [1.82, 2.24) is 9.55 Å². The third-order valence-electron chi connectivity index (χ3n) is 4.36. The van der Waals surface area contributed by atoms with Gasteiger partial charge in [0.05, 0.1) is 18.3 Å². The Hall–Kier alpha value is -2.55. The first-order chi connectivity index (χ1) is 14.0. The summed E-state index contributed by atoms with van der Waals surface area (Å²) in [5, 5.41) is 12.6. The summed E-state index contributed by atoms with van der Waals surface area (Å²) >= 11 is 4.72. The highest BCUT2D eigenvalue weighted by Crippen LogP contribution is 2.30. The monoisotopic (exact) mass is 474 g/mol. The molecule has 0 aliphatic carbocycles. The number of rotatable bonds is 6. The second-order valence-corrected chi connectivity index (χ2v) is 8.23. The maximum Gasteiger partial charge on any atom is 0.262 e. The third-order valence-corrected chi connectivity index (χ3v) is 5.74. The molecule has 0 radical (unpaired) electrons. The normalized spacial score (nSPS) is 12.2. The van der Waals surface area contributed by atoms with Crippen LogP contribution in [0.15, 0.2) is 69.5 Å². The molecular weight excluding hydrogens is 459 g/mol. The highest BCUT2D eigenvalue weighted by Gasteiger charge is 2.15. The number of benzene rings is 2. The second kappa shape index (κ2) is 8.44. The Morgan fingerprint density at radius 2 is 2.03 bits per heavy atom. The van der Waals surface area contributed by atoms with Crippen molar-refractivity contribution in [3.8, 4) is 16.9 Å². The van der Waals surface area contributed by atoms with Crippen LogP contribution in [0.5, 0.6) is 5.75 Å². The number of aliphatic hydroxyl groups excluding tert-OH is 1. The van der Waals surface area contributed by atoms with Crippen LogP contribution in [0.25, 0.3) is 21.3 Å². The predicted octanol–water partition coefficient (Wildman–Crippen LogP) is 4.47. The standard InChI is InChI=1S/C21H16BrFN2O3S/c22-14-2-1-3-17(8-14)28-10-16(26)9-25-12-24-20-19(21(25)27)18(11-29-20)13-4-6-15(23)7-5-13/h1-8,11-12,16,26H,9-10H2/t16-/m1/s1. The van der Waals surface area contributed by atoms with E-state index in [0.717, 1.165) is 10.0 Å². The summed E-state index contributed by atoms with van der Waals surface area (Å²) < 4.78 is 21.1. The summed E-state index contributed by atoms with van der Waals surface area (Å²) in [6.45, 7) is 0.0872. The number of fused-ring (bicyclic) bond motifs is 1. The Morgan fingerprint density at radius 1 is 1.24 bits per heavy atom. The molecule has 8 heteroatoms. The van der Waals surface area contributed by atoms with Crippen LogP contribution in [0.3, 0.4) is 0 Å². The number of ether oxygens (including phenoxy) is 1. The minimum absolute atomic E-state index is 0.0371. The first kappa shape index (κ1) is 19.8. The maximum atomic E-state index is 13.2. The van der Waals surface area contributed by atoms with Gasteiger partial charge >= 0.3 is 0 Å². The van der Waals surface area contributed by atoms with Gasteiger partial charge in [0.15, 0.2) is 0 Å². The summed E-state index contributed by atoms with van der Waals surface area (Å²) in [6.07, 6.45) is 0.539. The molecule has 0 aliphatic rings. The van der Waals surface area contributed by atoms with Crippen molar-refractivity contribution in [3.05, 3.63) is 80.9 Å². The SMILES string of the molecule is O=c1c2c(-c3ccc(F)cc3)csc2ncn1C[C@@H](O)COc1cccc(Br)c1. The van der Waals surface area contributed by atoms with E-state index in [4.69, 9.17) is 4.74 Å². The topological polar surface area (TPSA) is 64.4 Å². The molecule has 148 valence electrons. The van der Waals surface area contributed by atoms with Crippen LogP contribution in [-0.4, -0.2) is 27.4 Å². The molecule has 0 fully saturated rings. The molecule has 0 unspecified atom stereocenters. The lowest BCUT2D eigenvalue weighted by molar-refractivity contribution is 0.0914. The fourth-order valence-corrected chi connectivity index (χ4v) is 4.25. The van der Waals surface area contributed by atoms with Gasteiger partial charge in [0.1, 0.15) is 29.1 Å². The molecule has 2 aromatic heterocycles. The van der Waals surface area contributed by atoms with Gasteiger partial charge in [0, 0.05) is 15.4 Å². The van der Waals surface area contributed by atoms with E-state index in [1.807, 2.05) is 17.5 Å². The van der Waals surface area contributed by atoms with Crippen molar-refractivity contribution in [2.45, 2.75) is 12.6 Å². The molecule has 0 saturated carbocycles. The predicted molar refractivity (Wildman–Crippen MR) is 115 cm³/mol. The number of nitrogens with zero attached hydrogens (tertiary/aromatic N) is 2. The van der Waals surface area contributed by atoms with Crippen molar-refractivity contribution in [2.75, 3.05) is 6.61 Å². The lowest BCUT2D eigenvalue weighted by Gasteiger charge is -2.14. The average molecular weight is 475 g/mol. The largest absolute Gasteiger partial charge is 0.491 e. The zero-order valence-electron chi connectivity index (χ0n) is 15.1. The highest BCUT2D eigenvalue weighted by molar-refractivity contribution is 9.10. The second-order valence-electron chi connectivity index (χ2n) is 6.46. The van der Waals surface area contributed by atoms with E-state index in [0.29, 0.717) is 21.5 Å². The van der Waals surface area contributed by atoms with Crippen LogP contribution in [-0.2, 0) is 6.54 Å². The van der Waals surface area contributed by atoms with Crippen LogP contribution in [0.4, 0.5) is 4.39 Å². The molecule has 0 saturated heterocycles. The minimum Gasteiger partial charge on any atom is -0.491 e. The van der Waals surface area contributed by atoms with E-state index in [1.165, 1.54) is 34.4 Å². The van der Waals surface area contributed by atoms with Crippen molar-refractivity contribution in [1.29, 1.82) is 0 Å². The van der Waals surface area contributed by atoms with Gasteiger partial charge in [-0.2, -0.15) is 0 Å². The molecule has 2 aromatic carbocycles. The van der Waals surface area contributed by atoms with Crippen LogP contribution in [0, 0.1) is 5.82 Å². The summed E-state index contributed by atoms with van der Waals surface area (Å²) in [6, 6.07) is 13.3. The van der Waals surface area contributed by atoms with E-state index in [1.54, 1.807) is 24.3 Å². The Morgan fingerprint density at radius 3 is 2.79 bits per heavy atom. The maximum absolute atomic E-state index is 13.2. The lowest BCUT2D eigenvalue weighted by atomic mass is 10.1. The summed E-state index contributed by atoms with van der Waals surface area (Å²) in [5.41, 5.74) is 1.20. The van der Waals surface area contributed by atoms with Gasteiger partial charge in [-0.25, -0.2) is 9.37 Å². The molecule has 5 nitrogen and oxygen atoms in total. The van der Waals surface area contributed by atoms with E-state index >= 15 is 0 Å². The number of thiophene rings is 1. The summed E-state index contributed by atoms with van der Waals surface area (Å²) in [5.74, 6) is 0.285. The van der Waals surface area contributed by atoms with Gasteiger partial charge in [-0.1, -0.05) is 34.1 Å². The minimum atomic E-state index is -0.890. The lowest BCUT2D eigenvalue weighted by Crippen LogP contribution is -2.30. The van der Waals surface area contributed by atoms with Crippen molar-refractivity contribution < 1.29 is 14.2 Å². The number of hydrogen-bond acceptors (Lipinski definition) is 5. The van der Waals surface area contributed by atoms with Crippen molar-refractivity contribution in [2.24, 2.45) is 0 Å². The Bertz CT molecular complexity index is 1210. The summed E-state index contributed by atoms with van der Waals surface area (Å²) in [7, 11) is 0. The zero-order chi connectivity index (χ0) is 20.4. The molecule has 1 atom stereocenters. The van der Waals surface area contributed by atoms with Crippen LogP contribution >= 0.6 is 27.3 Å². The van der Waals surface area contributed by atoms with Gasteiger partial charge in [-0.15, -0.1) is 11.3 Å². The molecule has 1 N–H and O–H groups in total. The van der Waals surface area contributed by atoms with E-state index < -0.39 is 6.10 Å². The van der Waals surface area contributed by atoms with Crippen LogP contribution < -0.4 is 10.3 Å². The molecule has 29 heavy (non-hydrogen) atoms. The van der Waals surface area contributed by atoms with E-state index in [2.05, 4.69) is 20.9 Å². The Labute approximate surface area is 178 Å². The van der Waals surface area contributed by atoms with Crippen molar-refractivity contribution in [3.63, 3.8) is 0 Å². The molecule has 2 heterocycles. The number of aromatic nitrogens is 2. The molecule has 0 spiro atoms. The van der Waals surface area contributed by atoms with E-state index in [9.17, 15) is 14.3 Å². The smallest absolute Gasteiger partial charge is 0.262 e. The molecule has 4 rings (SSSR count). The van der Waals surface area contributed by atoms with Gasteiger partial charge in [0.25, 0.3) is 5.56 Å². The molecule has 0 bridgehead atoms. The molecule has 4 aromatic rings. The molecule has 0 aliphatic heterocycles. The third kappa shape index (κ3) is 4.39. The quantitative estimate of drug-likeness (QED) is 0.447. The van der Waals surface area contributed by atoms with Crippen LogP contribution in [0.2, 0.25) is 0 Å². The van der Waals surface area contributed by atoms with Gasteiger partial charge in [0.2, 0.25) is 0 Å². The Balaban J connectivity index is 1.56. The molecular formula is C21H16BrFN2O3S. The van der Waals surface area contributed by atoms with Crippen molar-refractivity contribution >= 4 is 37.5 Å². The zero-order valence-corrected chi connectivity index (χ0v) is 17.5. The summed E-state index contributed by atoms with van der Waals surface area (Å²) in [4.78, 5) is 17.9. The number of aliphatic hydroxyl groups is 1. The first-order valence-corrected chi connectivity index (χ1v) is 10.5. The highest BCUT2D eigenvalue weighted by atomic mass is 79.9. The Kier molecular flexibility index (Phi) is 5.75. The number of hydrogen-bond donors (Lipinski definition) is 1. The molecule has 0 amide bonds. The van der Waals surface area contributed by atoms with Gasteiger partial charge in [-0.05, 0) is 35.9 Å². The average Bonchev–Trinajstić information content (AvgIpc) is 3.14.